The Labute approximate surface area is 123 Å². The van der Waals surface area contributed by atoms with Gasteiger partial charge in [-0.05, 0) is 42.9 Å². The molecule has 0 heterocycles. The molecule has 0 amide bonds. The molecule has 1 aliphatic rings. The quantitative estimate of drug-likeness (QED) is 0.842. The molecular formula is C18H29NO. The minimum Gasteiger partial charge on any atom is -0.494 e. The van der Waals surface area contributed by atoms with E-state index in [2.05, 4.69) is 57.3 Å². The largest absolute Gasteiger partial charge is 0.494 e. The number of rotatable bonds is 6. The molecule has 0 radical (unpaired) electrons. The topological polar surface area (TPSA) is 21.3 Å². The Morgan fingerprint density at radius 3 is 2.20 bits per heavy atom. The third kappa shape index (κ3) is 3.35. The van der Waals surface area contributed by atoms with Crippen molar-refractivity contribution in [3.8, 4) is 5.75 Å². The molecule has 20 heavy (non-hydrogen) atoms. The SMILES string of the molecule is CCOc1ccc(C2(CNC(C)C)CC(C)(C)C2)cc1. The molecule has 1 fully saturated rings. The molecule has 1 aromatic carbocycles. The lowest BCUT2D eigenvalue weighted by molar-refractivity contribution is 0.0547. The van der Waals surface area contributed by atoms with Crippen molar-refractivity contribution in [1.29, 1.82) is 0 Å². The maximum Gasteiger partial charge on any atom is 0.119 e. The molecule has 2 heteroatoms. The van der Waals surface area contributed by atoms with Gasteiger partial charge in [0.25, 0.3) is 0 Å². The Kier molecular flexibility index (Phi) is 4.43. The number of nitrogens with one attached hydrogen (secondary N) is 1. The first-order valence-corrected chi connectivity index (χ1v) is 7.84. The van der Waals surface area contributed by atoms with Crippen LogP contribution in [0.3, 0.4) is 0 Å². The van der Waals surface area contributed by atoms with Crippen molar-refractivity contribution in [2.45, 2.75) is 58.9 Å². The maximum absolute atomic E-state index is 5.55. The smallest absolute Gasteiger partial charge is 0.119 e. The van der Waals surface area contributed by atoms with Crippen LogP contribution in [-0.4, -0.2) is 19.2 Å². The molecule has 0 aliphatic heterocycles. The zero-order chi connectivity index (χ0) is 14.8. The average Bonchev–Trinajstić information content (AvgIpc) is 2.35. The van der Waals surface area contributed by atoms with Gasteiger partial charge in [-0.2, -0.15) is 0 Å². The zero-order valence-corrected chi connectivity index (χ0v) is 13.6. The summed E-state index contributed by atoms with van der Waals surface area (Å²) in [7, 11) is 0. The molecule has 0 atom stereocenters. The van der Waals surface area contributed by atoms with Gasteiger partial charge in [-0.3, -0.25) is 0 Å². The number of hydrogen-bond donors (Lipinski definition) is 1. The summed E-state index contributed by atoms with van der Waals surface area (Å²) in [5, 5.41) is 3.63. The summed E-state index contributed by atoms with van der Waals surface area (Å²) in [4.78, 5) is 0. The van der Waals surface area contributed by atoms with E-state index in [9.17, 15) is 0 Å². The van der Waals surface area contributed by atoms with Crippen molar-refractivity contribution >= 4 is 0 Å². The van der Waals surface area contributed by atoms with Crippen molar-refractivity contribution in [2.24, 2.45) is 5.41 Å². The second-order valence-electron chi connectivity index (χ2n) is 7.29. The normalized spacial score (nSPS) is 19.7. The lowest BCUT2D eigenvalue weighted by atomic mass is 9.52. The van der Waals surface area contributed by atoms with Crippen molar-refractivity contribution < 1.29 is 4.74 Å². The van der Waals surface area contributed by atoms with E-state index in [1.807, 2.05) is 6.92 Å². The molecule has 2 nitrogen and oxygen atoms in total. The van der Waals surface area contributed by atoms with E-state index in [0.29, 0.717) is 16.9 Å². The predicted molar refractivity (Wildman–Crippen MR) is 85.4 cm³/mol. The second kappa shape index (κ2) is 5.77. The zero-order valence-electron chi connectivity index (χ0n) is 13.6. The first-order chi connectivity index (χ1) is 9.37. The molecule has 1 saturated carbocycles. The van der Waals surface area contributed by atoms with E-state index < -0.39 is 0 Å². The number of benzene rings is 1. The van der Waals surface area contributed by atoms with Crippen LogP contribution >= 0.6 is 0 Å². The fraction of sp³-hybridized carbons (Fsp3) is 0.667. The van der Waals surface area contributed by atoms with Crippen molar-refractivity contribution in [1.82, 2.24) is 5.32 Å². The molecule has 0 unspecified atom stereocenters. The molecule has 1 N–H and O–H groups in total. The van der Waals surface area contributed by atoms with Gasteiger partial charge in [0.2, 0.25) is 0 Å². The van der Waals surface area contributed by atoms with Gasteiger partial charge < -0.3 is 10.1 Å². The Morgan fingerprint density at radius 2 is 1.75 bits per heavy atom. The van der Waals surface area contributed by atoms with E-state index in [1.54, 1.807) is 0 Å². The molecule has 112 valence electrons. The molecule has 2 rings (SSSR count). The van der Waals surface area contributed by atoms with Crippen LogP contribution in [0.1, 0.15) is 53.0 Å². The molecule has 0 aromatic heterocycles. The van der Waals surface area contributed by atoms with E-state index in [0.717, 1.165) is 18.9 Å². The Bertz CT molecular complexity index is 425. The Hall–Kier alpha value is -1.02. The fourth-order valence-corrected chi connectivity index (χ4v) is 3.68. The Morgan fingerprint density at radius 1 is 1.15 bits per heavy atom. The summed E-state index contributed by atoms with van der Waals surface area (Å²) in [5.74, 6) is 0.974. The molecule has 1 aliphatic carbocycles. The molecular weight excluding hydrogens is 246 g/mol. The average molecular weight is 275 g/mol. The third-order valence-electron chi connectivity index (χ3n) is 4.26. The van der Waals surface area contributed by atoms with Gasteiger partial charge in [0, 0.05) is 18.0 Å². The predicted octanol–water partition coefficient (Wildman–Crippen LogP) is 4.14. The van der Waals surface area contributed by atoms with Crippen LogP contribution in [0.2, 0.25) is 0 Å². The standard InChI is InChI=1S/C18H29NO/c1-6-20-16-9-7-15(8-10-16)18(13-19-14(2)3)11-17(4,5)12-18/h7-10,14,19H,6,11-13H2,1-5H3. The van der Waals surface area contributed by atoms with E-state index in [4.69, 9.17) is 4.74 Å². The van der Waals surface area contributed by atoms with Crippen LogP contribution in [0.15, 0.2) is 24.3 Å². The highest BCUT2D eigenvalue weighted by atomic mass is 16.5. The summed E-state index contributed by atoms with van der Waals surface area (Å²) in [6.07, 6.45) is 2.52. The van der Waals surface area contributed by atoms with Gasteiger partial charge in [0.1, 0.15) is 5.75 Å². The van der Waals surface area contributed by atoms with Gasteiger partial charge in [-0.15, -0.1) is 0 Å². The van der Waals surface area contributed by atoms with E-state index in [1.165, 1.54) is 18.4 Å². The van der Waals surface area contributed by atoms with Crippen LogP contribution in [-0.2, 0) is 5.41 Å². The monoisotopic (exact) mass is 275 g/mol. The minimum atomic E-state index is 0.304. The lowest BCUT2D eigenvalue weighted by Gasteiger charge is -2.54. The molecule has 0 spiro atoms. The maximum atomic E-state index is 5.55. The molecule has 0 saturated heterocycles. The van der Waals surface area contributed by atoms with Gasteiger partial charge >= 0.3 is 0 Å². The van der Waals surface area contributed by atoms with Crippen LogP contribution in [0.5, 0.6) is 5.75 Å². The van der Waals surface area contributed by atoms with Crippen LogP contribution in [0.25, 0.3) is 0 Å². The van der Waals surface area contributed by atoms with Crippen molar-refractivity contribution in [2.75, 3.05) is 13.2 Å². The first kappa shape index (κ1) is 15.4. The van der Waals surface area contributed by atoms with Crippen LogP contribution in [0, 0.1) is 5.41 Å². The third-order valence-corrected chi connectivity index (χ3v) is 4.26. The summed E-state index contributed by atoms with van der Waals surface area (Å²) in [5.41, 5.74) is 2.23. The highest BCUT2D eigenvalue weighted by Crippen LogP contribution is 2.55. The summed E-state index contributed by atoms with van der Waals surface area (Å²) < 4.78 is 5.55. The van der Waals surface area contributed by atoms with Crippen molar-refractivity contribution in [3.05, 3.63) is 29.8 Å². The van der Waals surface area contributed by atoms with Gasteiger partial charge in [-0.1, -0.05) is 39.8 Å². The highest BCUT2D eigenvalue weighted by Gasteiger charge is 2.49. The highest BCUT2D eigenvalue weighted by molar-refractivity contribution is 5.35. The second-order valence-corrected chi connectivity index (χ2v) is 7.29. The van der Waals surface area contributed by atoms with Crippen molar-refractivity contribution in [3.63, 3.8) is 0 Å². The van der Waals surface area contributed by atoms with Crippen LogP contribution in [0.4, 0.5) is 0 Å². The Balaban J connectivity index is 2.15. The summed E-state index contributed by atoms with van der Waals surface area (Å²) in [6.45, 7) is 13.0. The number of hydrogen-bond acceptors (Lipinski definition) is 2. The number of ether oxygens (including phenoxy) is 1. The summed E-state index contributed by atoms with van der Waals surface area (Å²) in [6, 6.07) is 9.27. The van der Waals surface area contributed by atoms with Crippen LogP contribution < -0.4 is 10.1 Å². The summed E-state index contributed by atoms with van der Waals surface area (Å²) >= 11 is 0. The van der Waals surface area contributed by atoms with Gasteiger partial charge in [0.15, 0.2) is 0 Å². The van der Waals surface area contributed by atoms with Gasteiger partial charge in [0.05, 0.1) is 6.61 Å². The first-order valence-electron chi connectivity index (χ1n) is 7.84. The fourth-order valence-electron chi connectivity index (χ4n) is 3.68. The minimum absolute atomic E-state index is 0.304. The van der Waals surface area contributed by atoms with E-state index in [-0.39, 0.29) is 0 Å². The lowest BCUT2D eigenvalue weighted by Crippen LogP contribution is -2.53. The molecule has 1 aromatic rings. The van der Waals surface area contributed by atoms with E-state index >= 15 is 0 Å². The van der Waals surface area contributed by atoms with Gasteiger partial charge in [-0.25, -0.2) is 0 Å². The molecule has 0 bridgehead atoms.